The van der Waals surface area contributed by atoms with Gasteiger partial charge in [-0.05, 0) is 39.5 Å². The molecule has 0 spiro atoms. The molecule has 1 heterocycles. The van der Waals surface area contributed by atoms with Gasteiger partial charge in [0.25, 0.3) is 0 Å². The lowest BCUT2D eigenvalue weighted by atomic mass is 10.0. The number of fused-ring (bicyclic) bond motifs is 1. The maximum atomic E-state index is 11.9. The van der Waals surface area contributed by atoms with E-state index in [1.165, 1.54) is 29.8 Å². The SMILES string of the molecule is CCN(CC)C(=O)CCc1nc2c(s1)CCCC2. The molecular formula is C14H22N2OS. The summed E-state index contributed by atoms with van der Waals surface area (Å²) >= 11 is 1.82. The molecule has 1 aromatic rings. The van der Waals surface area contributed by atoms with Gasteiger partial charge < -0.3 is 4.90 Å². The summed E-state index contributed by atoms with van der Waals surface area (Å²) in [5.74, 6) is 0.258. The molecule has 0 fully saturated rings. The standard InChI is InChI=1S/C14H22N2OS/c1-3-16(4-2)14(17)10-9-13-15-11-7-5-6-8-12(11)18-13/h3-10H2,1-2H3. The fourth-order valence-electron chi connectivity index (χ4n) is 2.46. The van der Waals surface area contributed by atoms with Crippen LogP contribution in [-0.4, -0.2) is 28.9 Å². The van der Waals surface area contributed by atoms with Crippen LogP contribution in [0, 0.1) is 0 Å². The minimum absolute atomic E-state index is 0.258. The summed E-state index contributed by atoms with van der Waals surface area (Å²) < 4.78 is 0. The summed E-state index contributed by atoms with van der Waals surface area (Å²) in [6.45, 7) is 5.68. The number of amides is 1. The molecule has 0 saturated heterocycles. The van der Waals surface area contributed by atoms with Crippen molar-refractivity contribution in [2.75, 3.05) is 13.1 Å². The van der Waals surface area contributed by atoms with Crippen LogP contribution in [0.25, 0.3) is 0 Å². The topological polar surface area (TPSA) is 33.2 Å². The monoisotopic (exact) mass is 266 g/mol. The van der Waals surface area contributed by atoms with Gasteiger partial charge in [0.05, 0.1) is 10.7 Å². The van der Waals surface area contributed by atoms with Gasteiger partial charge in [0.15, 0.2) is 0 Å². The molecule has 1 aromatic heterocycles. The van der Waals surface area contributed by atoms with E-state index in [4.69, 9.17) is 0 Å². The Morgan fingerprint density at radius 3 is 2.67 bits per heavy atom. The van der Waals surface area contributed by atoms with Gasteiger partial charge in [0.1, 0.15) is 0 Å². The van der Waals surface area contributed by atoms with Crippen molar-refractivity contribution in [3.05, 3.63) is 15.6 Å². The van der Waals surface area contributed by atoms with Gasteiger partial charge >= 0.3 is 0 Å². The highest BCUT2D eigenvalue weighted by molar-refractivity contribution is 7.11. The van der Waals surface area contributed by atoms with Crippen LogP contribution in [0.15, 0.2) is 0 Å². The van der Waals surface area contributed by atoms with Crippen LogP contribution in [0.3, 0.4) is 0 Å². The number of carbonyl (C=O) groups is 1. The van der Waals surface area contributed by atoms with Crippen LogP contribution in [-0.2, 0) is 24.1 Å². The molecule has 100 valence electrons. The second-order valence-corrected chi connectivity index (χ2v) is 5.92. The van der Waals surface area contributed by atoms with Crippen LogP contribution >= 0.6 is 11.3 Å². The number of rotatable bonds is 5. The number of carbonyl (C=O) groups excluding carboxylic acids is 1. The third kappa shape index (κ3) is 3.10. The fourth-order valence-corrected chi connectivity index (χ4v) is 3.62. The fraction of sp³-hybridized carbons (Fsp3) is 0.714. The number of thiazole rings is 1. The lowest BCUT2D eigenvalue weighted by Crippen LogP contribution is -2.30. The predicted octanol–water partition coefficient (Wildman–Crippen LogP) is 2.82. The highest BCUT2D eigenvalue weighted by Gasteiger charge is 2.16. The summed E-state index contributed by atoms with van der Waals surface area (Å²) in [7, 11) is 0. The lowest BCUT2D eigenvalue weighted by molar-refractivity contribution is -0.130. The van der Waals surface area contributed by atoms with Crippen molar-refractivity contribution in [3.63, 3.8) is 0 Å². The average molecular weight is 266 g/mol. The molecule has 4 heteroatoms. The molecule has 0 aromatic carbocycles. The quantitative estimate of drug-likeness (QED) is 0.821. The van der Waals surface area contributed by atoms with Crippen molar-refractivity contribution in [2.24, 2.45) is 0 Å². The summed E-state index contributed by atoms with van der Waals surface area (Å²) in [6, 6.07) is 0. The van der Waals surface area contributed by atoms with Crippen LogP contribution in [0.2, 0.25) is 0 Å². The van der Waals surface area contributed by atoms with Crippen molar-refractivity contribution < 1.29 is 4.79 Å². The van der Waals surface area contributed by atoms with E-state index in [-0.39, 0.29) is 5.91 Å². The van der Waals surface area contributed by atoms with Crippen LogP contribution in [0.5, 0.6) is 0 Å². The average Bonchev–Trinajstić information content (AvgIpc) is 2.80. The van der Waals surface area contributed by atoms with Gasteiger partial charge in [-0.3, -0.25) is 4.79 Å². The molecule has 1 amide bonds. The first-order chi connectivity index (χ1) is 8.74. The Morgan fingerprint density at radius 1 is 1.28 bits per heavy atom. The molecule has 1 aliphatic carbocycles. The number of aromatic nitrogens is 1. The van der Waals surface area contributed by atoms with Gasteiger partial charge in [0.2, 0.25) is 5.91 Å². The van der Waals surface area contributed by atoms with Crippen molar-refractivity contribution in [1.29, 1.82) is 0 Å². The molecule has 0 radical (unpaired) electrons. The Labute approximate surface area is 113 Å². The highest BCUT2D eigenvalue weighted by atomic mass is 32.1. The van der Waals surface area contributed by atoms with Crippen molar-refractivity contribution in [1.82, 2.24) is 9.88 Å². The van der Waals surface area contributed by atoms with Gasteiger partial charge in [-0.1, -0.05) is 0 Å². The van der Waals surface area contributed by atoms with E-state index in [2.05, 4.69) is 4.98 Å². The molecule has 0 unspecified atom stereocenters. The molecule has 0 aliphatic heterocycles. The number of hydrogen-bond donors (Lipinski definition) is 0. The zero-order valence-electron chi connectivity index (χ0n) is 11.4. The molecule has 0 bridgehead atoms. The maximum absolute atomic E-state index is 11.9. The van der Waals surface area contributed by atoms with Gasteiger partial charge in [-0.15, -0.1) is 11.3 Å². The predicted molar refractivity (Wildman–Crippen MR) is 75.0 cm³/mol. The minimum atomic E-state index is 0.258. The van der Waals surface area contributed by atoms with Crippen LogP contribution in [0.4, 0.5) is 0 Å². The smallest absolute Gasteiger partial charge is 0.222 e. The zero-order valence-corrected chi connectivity index (χ0v) is 12.2. The minimum Gasteiger partial charge on any atom is -0.343 e. The molecule has 18 heavy (non-hydrogen) atoms. The molecule has 0 saturated carbocycles. The lowest BCUT2D eigenvalue weighted by Gasteiger charge is -2.17. The Balaban J connectivity index is 1.90. The van der Waals surface area contributed by atoms with Gasteiger partial charge in [-0.25, -0.2) is 4.98 Å². The molecule has 0 atom stereocenters. The van der Waals surface area contributed by atoms with Crippen molar-refractivity contribution in [3.8, 4) is 0 Å². The second kappa shape index (κ2) is 6.32. The third-order valence-electron chi connectivity index (χ3n) is 3.56. The zero-order chi connectivity index (χ0) is 13.0. The number of aryl methyl sites for hydroxylation is 3. The van der Waals surface area contributed by atoms with Crippen LogP contribution in [0.1, 0.15) is 48.7 Å². The first-order valence-corrected chi connectivity index (χ1v) is 7.81. The Morgan fingerprint density at radius 2 is 2.00 bits per heavy atom. The van der Waals surface area contributed by atoms with E-state index >= 15 is 0 Å². The van der Waals surface area contributed by atoms with Crippen molar-refractivity contribution >= 4 is 17.2 Å². The Bertz CT molecular complexity index is 386. The van der Waals surface area contributed by atoms with E-state index in [0.717, 1.165) is 30.9 Å². The summed E-state index contributed by atoms with van der Waals surface area (Å²) in [5.41, 5.74) is 1.30. The Kier molecular flexibility index (Phi) is 4.75. The number of nitrogens with zero attached hydrogens (tertiary/aromatic N) is 2. The van der Waals surface area contributed by atoms with Gasteiger partial charge in [-0.2, -0.15) is 0 Å². The molecular weight excluding hydrogens is 244 g/mol. The van der Waals surface area contributed by atoms with Gasteiger partial charge in [0, 0.05) is 30.8 Å². The third-order valence-corrected chi connectivity index (χ3v) is 4.78. The van der Waals surface area contributed by atoms with Crippen molar-refractivity contribution in [2.45, 2.75) is 52.4 Å². The summed E-state index contributed by atoms with van der Waals surface area (Å²) in [5, 5.41) is 1.16. The summed E-state index contributed by atoms with van der Waals surface area (Å²) in [6.07, 6.45) is 6.31. The molecule has 0 N–H and O–H groups in total. The maximum Gasteiger partial charge on any atom is 0.222 e. The molecule has 3 nitrogen and oxygen atoms in total. The van der Waals surface area contributed by atoms with E-state index in [0.29, 0.717) is 6.42 Å². The molecule has 2 rings (SSSR count). The van der Waals surface area contributed by atoms with E-state index in [9.17, 15) is 4.79 Å². The first kappa shape index (κ1) is 13.5. The Hall–Kier alpha value is -0.900. The molecule has 1 aliphatic rings. The van der Waals surface area contributed by atoms with E-state index in [1.54, 1.807) is 0 Å². The normalized spacial score (nSPS) is 14.3. The second-order valence-electron chi connectivity index (χ2n) is 4.75. The first-order valence-electron chi connectivity index (χ1n) is 6.99. The van der Waals surface area contributed by atoms with Crippen LogP contribution < -0.4 is 0 Å². The number of hydrogen-bond acceptors (Lipinski definition) is 3. The highest BCUT2D eigenvalue weighted by Crippen LogP contribution is 2.27. The van der Waals surface area contributed by atoms with E-state index < -0.39 is 0 Å². The van der Waals surface area contributed by atoms with E-state index in [1.807, 2.05) is 30.1 Å². The summed E-state index contributed by atoms with van der Waals surface area (Å²) in [4.78, 5) is 20.0. The largest absolute Gasteiger partial charge is 0.343 e.